The van der Waals surface area contributed by atoms with Crippen LogP contribution in [0.2, 0.25) is 0 Å². The second-order valence-corrected chi connectivity index (χ2v) is 9.94. The van der Waals surface area contributed by atoms with Crippen LogP contribution in [0.3, 0.4) is 0 Å². The molecule has 1 aromatic carbocycles. The number of amides is 2. The lowest BCUT2D eigenvalue weighted by molar-refractivity contribution is -0.148. The Morgan fingerprint density at radius 2 is 1.60 bits per heavy atom. The van der Waals surface area contributed by atoms with Gasteiger partial charge in [0, 0.05) is 17.1 Å². The van der Waals surface area contributed by atoms with E-state index in [2.05, 4.69) is 10.6 Å². The Kier molecular flexibility index (Phi) is 4.82. The van der Waals surface area contributed by atoms with Crippen LogP contribution in [0.1, 0.15) is 51.5 Å². The molecular weight excluding hydrogens is 395 g/mol. The van der Waals surface area contributed by atoms with Gasteiger partial charge in [-0.05, 0) is 88.0 Å². The molecule has 30 heavy (non-hydrogen) atoms. The monoisotopic (exact) mass is 423 g/mol. The highest BCUT2D eigenvalue weighted by Crippen LogP contribution is 2.59. The van der Waals surface area contributed by atoms with Gasteiger partial charge >= 0.3 is 6.18 Å². The average molecular weight is 423 g/mol. The zero-order valence-corrected chi connectivity index (χ0v) is 17.2. The van der Waals surface area contributed by atoms with Gasteiger partial charge in [0.25, 0.3) is 0 Å². The van der Waals surface area contributed by atoms with Crippen LogP contribution in [-0.2, 0) is 15.8 Å². The Labute approximate surface area is 174 Å². The summed E-state index contributed by atoms with van der Waals surface area (Å²) >= 11 is 0. The predicted octanol–water partition coefficient (Wildman–Crippen LogP) is 3.69. The smallest absolute Gasteiger partial charge is 0.372 e. The molecule has 0 radical (unpaired) electrons. The molecule has 4 saturated carbocycles. The molecule has 8 heteroatoms. The van der Waals surface area contributed by atoms with Crippen LogP contribution in [0.4, 0.5) is 18.9 Å². The molecule has 0 heterocycles. The van der Waals surface area contributed by atoms with Gasteiger partial charge in [-0.3, -0.25) is 9.59 Å². The van der Waals surface area contributed by atoms with Gasteiger partial charge in [-0.2, -0.15) is 13.2 Å². The Hall–Kier alpha value is -2.25. The number of hydrogen-bond acceptors (Lipinski definition) is 3. The average Bonchev–Trinajstić information content (AvgIpc) is 2.63. The van der Waals surface area contributed by atoms with Crippen LogP contribution in [0, 0.1) is 23.2 Å². The summed E-state index contributed by atoms with van der Waals surface area (Å²) in [5.41, 5.74) is 4.02. The van der Waals surface area contributed by atoms with E-state index >= 15 is 0 Å². The van der Waals surface area contributed by atoms with Gasteiger partial charge in [0.2, 0.25) is 11.8 Å². The molecule has 0 spiro atoms. The number of anilines is 1. The van der Waals surface area contributed by atoms with Crippen molar-refractivity contribution in [3.63, 3.8) is 0 Å². The minimum Gasteiger partial charge on any atom is -0.372 e. The summed E-state index contributed by atoms with van der Waals surface area (Å²) in [6.45, 7) is 3.42. The Morgan fingerprint density at radius 1 is 1.03 bits per heavy atom. The Morgan fingerprint density at radius 3 is 2.10 bits per heavy atom. The maximum Gasteiger partial charge on any atom is 0.416 e. The zero-order valence-electron chi connectivity index (χ0n) is 17.2. The molecule has 5 nitrogen and oxygen atoms in total. The van der Waals surface area contributed by atoms with Gasteiger partial charge in [-0.15, -0.1) is 0 Å². The topological polar surface area (TPSA) is 84.2 Å². The molecule has 0 aliphatic heterocycles. The molecule has 2 atom stereocenters. The van der Waals surface area contributed by atoms with E-state index in [4.69, 9.17) is 5.73 Å². The van der Waals surface area contributed by atoms with Crippen molar-refractivity contribution in [2.45, 2.75) is 63.7 Å². The third-order valence-corrected chi connectivity index (χ3v) is 7.33. The molecule has 2 unspecified atom stereocenters. The minimum atomic E-state index is -4.40. The summed E-state index contributed by atoms with van der Waals surface area (Å²) < 4.78 is 38.3. The van der Waals surface area contributed by atoms with Gasteiger partial charge in [0.05, 0.1) is 5.56 Å². The lowest BCUT2D eigenvalue weighted by Gasteiger charge is -2.59. The molecular formula is C22H28F3N3O2. The molecule has 4 bridgehead atoms. The zero-order chi connectivity index (χ0) is 21.9. The van der Waals surface area contributed by atoms with Crippen molar-refractivity contribution in [3.05, 3.63) is 29.8 Å². The van der Waals surface area contributed by atoms with E-state index < -0.39 is 22.7 Å². The predicted molar refractivity (Wildman–Crippen MR) is 106 cm³/mol. The van der Waals surface area contributed by atoms with Crippen molar-refractivity contribution < 1.29 is 22.8 Å². The highest BCUT2D eigenvalue weighted by Gasteiger charge is 2.58. The highest BCUT2D eigenvalue weighted by atomic mass is 19.4. The van der Waals surface area contributed by atoms with Crippen molar-refractivity contribution in [1.29, 1.82) is 0 Å². The number of benzene rings is 1. The highest BCUT2D eigenvalue weighted by molar-refractivity contribution is 5.89. The first-order valence-corrected chi connectivity index (χ1v) is 10.5. The fraction of sp³-hybridized carbons (Fsp3) is 0.636. The number of halogens is 3. The maximum absolute atomic E-state index is 13.1. The number of primary amides is 1. The molecule has 1 aromatic rings. The molecule has 4 fully saturated rings. The molecule has 2 amide bonds. The SMILES string of the molecule is CC(C)(Nc1ccc(C(F)(F)F)cc1)C(=O)NC1C2CC3CC1CC(C(N)=O)(C3)C2. The molecule has 164 valence electrons. The quantitative estimate of drug-likeness (QED) is 0.675. The lowest BCUT2D eigenvalue weighted by Crippen LogP contribution is -2.64. The second kappa shape index (κ2) is 6.89. The summed E-state index contributed by atoms with van der Waals surface area (Å²) in [7, 11) is 0. The van der Waals surface area contributed by atoms with Crippen molar-refractivity contribution >= 4 is 17.5 Å². The second-order valence-electron chi connectivity index (χ2n) is 9.94. The number of carbonyl (C=O) groups is 2. The third kappa shape index (κ3) is 3.65. The van der Waals surface area contributed by atoms with E-state index in [9.17, 15) is 22.8 Å². The van der Waals surface area contributed by atoms with Crippen LogP contribution < -0.4 is 16.4 Å². The summed E-state index contributed by atoms with van der Waals surface area (Å²) in [6.07, 6.45) is -0.0588. The molecule has 0 aromatic heterocycles. The first-order valence-electron chi connectivity index (χ1n) is 10.5. The van der Waals surface area contributed by atoms with E-state index in [0.29, 0.717) is 11.6 Å². The van der Waals surface area contributed by atoms with E-state index in [1.54, 1.807) is 13.8 Å². The molecule has 4 aliphatic carbocycles. The molecule has 4 N–H and O–H groups in total. The molecule has 5 rings (SSSR count). The van der Waals surface area contributed by atoms with E-state index in [-0.39, 0.29) is 29.7 Å². The van der Waals surface area contributed by atoms with Crippen LogP contribution in [0.5, 0.6) is 0 Å². The fourth-order valence-corrected chi connectivity index (χ4v) is 6.05. The Bertz CT molecular complexity index is 834. The number of rotatable bonds is 5. The van der Waals surface area contributed by atoms with Crippen LogP contribution in [-0.4, -0.2) is 23.4 Å². The van der Waals surface area contributed by atoms with Crippen LogP contribution in [0.15, 0.2) is 24.3 Å². The summed E-state index contributed by atoms with van der Waals surface area (Å²) in [4.78, 5) is 25.1. The maximum atomic E-state index is 13.1. The van der Waals surface area contributed by atoms with Crippen LogP contribution >= 0.6 is 0 Å². The number of nitrogens with one attached hydrogen (secondary N) is 2. The van der Waals surface area contributed by atoms with E-state index in [1.807, 2.05) is 0 Å². The Balaban J connectivity index is 1.43. The van der Waals surface area contributed by atoms with Crippen molar-refractivity contribution in [2.24, 2.45) is 28.9 Å². The minimum absolute atomic E-state index is 0.00945. The molecule has 4 aliphatic rings. The molecule has 0 saturated heterocycles. The first kappa shape index (κ1) is 21.0. The number of alkyl halides is 3. The third-order valence-electron chi connectivity index (χ3n) is 7.33. The standard InChI is InChI=1S/C22H28F3N3O2/c1-20(2,28-16-5-3-15(4-6-16)22(23,24)25)19(30)27-17-13-7-12-8-14(17)11-21(9-12,10-13)18(26)29/h3-6,12-14,17,28H,7-11H2,1-2H3,(H2,26,29)(H,27,30). The summed E-state index contributed by atoms with van der Waals surface area (Å²) in [5.74, 6) is 0.578. The first-order chi connectivity index (χ1) is 13.9. The number of carbonyl (C=O) groups excluding carboxylic acids is 2. The lowest BCUT2D eigenvalue weighted by atomic mass is 9.47. The normalized spacial score (nSPS) is 32.7. The van der Waals surface area contributed by atoms with Gasteiger partial charge < -0.3 is 16.4 Å². The van der Waals surface area contributed by atoms with Gasteiger partial charge in [0.1, 0.15) is 5.54 Å². The van der Waals surface area contributed by atoms with Crippen LogP contribution in [0.25, 0.3) is 0 Å². The van der Waals surface area contributed by atoms with Gasteiger partial charge in [-0.25, -0.2) is 0 Å². The van der Waals surface area contributed by atoms with Crippen molar-refractivity contribution in [1.82, 2.24) is 5.32 Å². The summed E-state index contributed by atoms with van der Waals surface area (Å²) in [6, 6.07) is 4.67. The number of hydrogen-bond donors (Lipinski definition) is 3. The summed E-state index contributed by atoms with van der Waals surface area (Å²) in [5, 5.41) is 6.22. The van der Waals surface area contributed by atoms with Crippen molar-refractivity contribution in [3.8, 4) is 0 Å². The number of nitrogens with two attached hydrogens (primary N) is 1. The van der Waals surface area contributed by atoms with Gasteiger partial charge in [0.15, 0.2) is 0 Å². The van der Waals surface area contributed by atoms with E-state index in [1.165, 1.54) is 12.1 Å². The largest absolute Gasteiger partial charge is 0.416 e. The fourth-order valence-electron chi connectivity index (χ4n) is 6.05. The van der Waals surface area contributed by atoms with E-state index in [0.717, 1.165) is 44.2 Å². The van der Waals surface area contributed by atoms with Crippen molar-refractivity contribution in [2.75, 3.05) is 5.32 Å². The van der Waals surface area contributed by atoms with Gasteiger partial charge in [-0.1, -0.05) is 0 Å².